The largest absolute Gasteiger partial charge is 0.322 e. The highest BCUT2D eigenvalue weighted by molar-refractivity contribution is 9.10. The fraction of sp³-hybridized carbons (Fsp3) is 0.231. The Balaban J connectivity index is 2.25. The molecule has 0 amide bonds. The number of benzene rings is 1. The number of hydrogen-bond donors (Lipinski definition) is 1. The molecule has 94 valence electrons. The lowest BCUT2D eigenvalue weighted by molar-refractivity contribution is 0.551. The third-order valence-corrected chi connectivity index (χ3v) is 3.69. The van der Waals surface area contributed by atoms with Crippen LogP contribution in [0.1, 0.15) is 17.3 Å². The van der Waals surface area contributed by atoms with Crippen molar-refractivity contribution in [3.8, 4) is 0 Å². The number of nitrogens with zero attached hydrogens (tertiary/aromatic N) is 2. The maximum absolute atomic E-state index is 12.0. The number of aromatic nitrogens is 2. The van der Waals surface area contributed by atoms with Gasteiger partial charge < -0.3 is 5.73 Å². The van der Waals surface area contributed by atoms with Gasteiger partial charge in [0.25, 0.3) is 5.56 Å². The van der Waals surface area contributed by atoms with Crippen LogP contribution in [0.25, 0.3) is 0 Å². The van der Waals surface area contributed by atoms with Crippen LogP contribution in [0.5, 0.6) is 0 Å². The zero-order valence-corrected chi connectivity index (χ0v) is 11.6. The minimum Gasteiger partial charge on any atom is -0.322 e. The average molecular weight is 308 g/mol. The van der Waals surface area contributed by atoms with Crippen molar-refractivity contribution in [3.63, 3.8) is 0 Å². The SMILES string of the molecule is Cc1ncn(CC(N)c2ccccc2)c(=O)c1Br. The molecule has 0 saturated heterocycles. The first-order valence-electron chi connectivity index (χ1n) is 5.61. The van der Waals surface area contributed by atoms with Crippen LogP contribution in [0.3, 0.4) is 0 Å². The molecule has 18 heavy (non-hydrogen) atoms. The van der Waals surface area contributed by atoms with Crippen LogP contribution in [-0.4, -0.2) is 9.55 Å². The second kappa shape index (κ2) is 5.46. The minimum atomic E-state index is -0.222. The maximum atomic E-state index is 12.0. The Morgan fingerprint density at radius 1 is 1.39 bits per heavy atom. The number of aryl methyl sites for hydroxylation is 1. The molecule has 1 heterocycles. The molecule has 0 spiro atoms. The number of halogens is 1. The molecule has 2 rings (SSSR count). The molecular formula is C13H14BrN3O. The predicted octanol–water partition coefficient (Wildman–Crippen LogP) is 2.01. The van der Waals surface area contributed by atoms with E-state index in [0.717, 1.165) is 5.56 Å². The fourth-order valence-electron chi connectivity index (χ4n) is 1.69. The van der Waals surface area contributed by atoms with E-state index in [1.807, 2.05) is 30.3 Å². The Labute approximate surface area is 114 Å². The van der Waals surface area contributed by atoms with Gasteiger partial charge in [-0.2, -0.15) is 0 Å². The summed E-state index contributed by atoms with van der Waals surface area (Å²) >= 11 is 3.24. The van der Waals surface area contributed by atoms with E-state index < -0.39 is 0 Å². The molecule has 5 heteroatoms. The summed E-state index contributed by atoms with van der Waals surface area (Å²) in [6.07, 6.45) is 1.53. The molecule has 0 saturated carbocycles. The van der Waals surface area contributed by atoms with Crippen LogP contribution in [0.15, 0.2) is 45.9 Å². The molecule has 4 nitrogen and oxygen atoms in total. The smallest absolute Gasteiger partial charge is 0.267 e. The molecule has 0 aliphatic heterocycles. The van der Waals surface area contributed by atoms with Crippen LogP contribution in [-0.2, 0) is 6.54 Å². The third-order valence-electron chi connectivity index (χ3n) is 2.78. The van der Waals surface area contributed by atoms with Crippen LogP contribution in [0.2, 0.25) is 0 Å². The molecule has 0 aliphatic rings. The van der Waals surface area contributed by atoms with E-state index in [9.17, 15) is 4.79 Å². The lowest BCUT2D eigenvalue weighted by atomic mass is 10.1. The van der Waals surface area contributed by atoms with Gasteiger partial charge in [0.05, 0.1) is 12.0 Å². The van der Waals surface area contributed by atoms with E-state index >= 15 is 0 Å². The van der Waals surface area contributed by atoms with E-state index in [1.165, 1.54) is 10.9 Å². The van der Waals surface area contributed by atoms with Gasteiger partial charge >= 0.3 is 0 Å². The molecule has 1 atom stereocenters. The Morgan fingerprint density at radius 3 is 2.72 bits per heavy atom. The Bertz CT molecular complexity index is 595. The number of rotatable bonds is 3. The van der Waals surface area contributed by atoms with Gasteiger partial charge in [-0.25, -0.2) is 4.98 Å². The van der Waals surface area contributed by atoms with E-state index in [0.29, 0.717) is 16.7 Å². The van der Waals surface area contributed by atoms with Crippen molar-refractivity contribution >= 4 is 15.9 Å². The molecule has 1 unspecified atom stereocenters. The predicted molar refractivity (Wildman–Crippen MR) is 74.3 cm³/mol. The second-order valence-corrected chi connectivity index (χ2v) is 4.91. The van der Waals surface area contributed by atoms with Crippen molar-refractivity contribution in [2.24, 2.45) is 5.73 Å². The molecule has 1 aromatic carbocycles. The van der Waals surface area contributed by atoms with Gasteiger partial charge in [0, 0.05) is 12.6 Å². The Kier molecular flexibility index (Phi) is 3.93. The first-order chi connectivity index (χ1) is 8.59. The van der Waals surface area contributed by atoms with Crippen molar-refractivity contribution < 1.29 is 0 Å². The zero-order valence-electron chi connectivity index (χ0n) is 10.0. The maximum Gasteiger partial charge on any atom is 0.267 e. The summed E-state index contributed by atoms with van der Waals surface area (Å²) in [5.41, 5.74) is 7.66. The van der Waals surface area contributed by atoms with Gasteiger partial charge in [-0.15, -0.1) is 0 Å². The quantitative estimate of drug-likeness (QED) is 0.943. The molecule has 2 aromatic rings. The highest BCUT2D eigenvalue weighted by atomic mass is 79.9. The van der Waals surface area contributed by atoms with Crippen molar-refractivity contribution in [3.05, 3.63) is 62.7 Å². The van der Waals surface area contributed by atoms with Crippen molar-refractivity contribution in [1.29, 1.82) is 0 Å². The lowest BCUT2D eigenvalue weighted by Gasteiger charge is -2.14. The summed E-state index contributed by atoms with van der Waals surface area (Å²) in [7, 11) is 0. The molecular weight excluding hydrogens is 294 g/mol. The molecule has 0 aliphatic carbocycles. The summed E-state index contributed by atoms with van der Waals surface area (Å²) in [6, 6.07) is 9.48. The average Bonchev–Trinajstić information content (AvgIpc) is 2.40. The summed E-state index contributed by atoms with van der Waals surface area (Å²) in [5.74, 6) is 0. The van der Waals surface area contributed by atoms with E-state index in [4.69, 9.17) is 5.73 Å². The number of hydrogen-bond acceptors (Lipinski definition) is 3. The Morgan fingerprint density at radius 2 is 2.06 bits per heavy atom. The Hall–Kier alpha value is -1.46. The van der Waals surface area contributed by atoms with E-state index in [1.54, 1.807) is 6.92 Å². The zero-order chi connectivity index (χ0) is 13.1. The van der Waals surface area contributed by atoms with Crippen LogP contribution in [0.4, 0.5) is 0 Å². The van der Waals surface area contributed by atoms with E-state index in [2.05, 4.69) is 20.9 Å². The molecule has 0 radical (unpaired) electrons. The third kappa shape index (κ3) is 2.68. The highest BCUT2D eigenvalue weighted by Crippen LogP contribution is 2.12. The first-order valence-corrected chi connectivity index (χ1v) is 6.41. The summed E-state index contributed by atoms with van der Waals surface area (Å²) in [6.45, 7) is 2.20. The standard InChI is InChI=1S/C13H14BrN3O/c1-9-12(14)13(18)17(8-16-9)7-11(15)10-5-3-2-4-6-10/h2-6,8,11H,7,15H2,1H3. The fourth-order valence-corrected chi connectivity index (χ4v) is 2.02. The van der Waals surface area contributed by atoms with Crippen molar-refractivity contribution in [1.82, 2.24) is 9.55 Å². The summed E-state index contributed by atoms with van der Waals surface area (Å²) in [4.78, 5) is 16.1. The van der Waals surface area contributed by atoms with E-state index in [-0.39, 0.29) is 11.6 Å². The van der Waals surface area contributed by atoms with Gasteiger partial charge in [0.15, 0.2) is 0 Å². The van der Waals surface area contributed by atoms with Gasteiger partial charge in [-0.1, -0.05) is 30.3 Å². The van der Waals surface area contributed by atoms with Crippen molar-refractivity contribution in [2.75, 3.05) is 0 Å². The topological polar surface area (TPSA) is 60.9 Å². The summed E-state index contributed by atoms with van der Waals surface area (Å²) in [5, 5.41) is 0. The molecule has 2 N–H and O–H groups in total. The van der Waals surface area contributed by atoms with Crippen LogP contribution >= 0.6 is 15.9 Å². The summed E-state index contributed by atoms with van der Waals surface area (Å²) < 4.78 is 2.01. The van der Waals surface area contributed by atoms with Crippen LogP contribution in [0, 0.1) is 6.92 Å². The normalized spacial score (nSPS) is 12.4. The van der Waals surface area contributed by atoms with Gasteiger partial charge in [0.1, 0.15) is 4.47 Å². The monoisotopic (exact) mass is 307 g/mol. The van der Waals surface area contributed by atoms with Crippen molar-refractivity contribution in [2.45, 2.75) is 19.5 Å². The second-order valence-electron chi connectivity index (χ2n) is 4.12. The lowest BCUT2D eigenvalue weighted by Crippen LogP contribution is -2.28. The van der Waals surface area contributed by atoms with Gasteiger partial charge in [0.2, 0.25) is 0 Å². The highest BCUT2D eigenvalue weighted by Gasteiger charge is 2.10. The molecule has 1 aromatic heterocycles. The van der Waals surface area contributed by atoms with Gasteiger partial charge in [-0.3, -0.25) is 9.36 Å². The minimum absolute atomic E-state index is 0.103. The molecule has 0 fully saturated rings. The van der Waals surface area contributed by atoms with Crippen LogP contribution < -0.4 is 11.3 Å². The van der Waals surface area contributed by atoms with Gasteiger partial charge in [-0.05, 0) is 28.4 Å². The number of nitrogens with two attached hydrogens (primary N) is 1. The molecule has 0 bridgehead atoms. The first kappa shape index (κ1) is 13.0.